The largest absolute Gasteiger partial charge is 0.481 e. The number of hydrogen-bond acceptors (Lipinski definition) is 5. The van der Waals surface area contributed by atoms with Crippen LogP contribution < -0.4 is 5.32 Å². The Labute approximate surface area is 168 Å². The molecule has 150 valence electrons. The molecule has 1 saturated carbocycles. The monoisotopic (exact) mass is 421 g/mol. The van der Waals surface area contributed by atoms with Crippen LogP contribution in [-0.2, 0) is 19.4 Å². The Hall–Kier alpha value is -2.19. The third-order valence-electron chi connectivity index (χ3n) is 5.22. The number of carbonyl (C=O) groups excluding carboxylic acids is 1. The quantitative estimate of drug-likeness (QED) is 0.693. The molecule has 3 rings (SSSR count). The third kappa shape index (κ3) is 4.62. The zero-order valence-electron chi connectivity index (χ0n) is 15.4. The van der Waals surface area contributed by atoms with Gasteiger partial charge in [0.2, 0.25) is 15.7 Å². The average molecular weight is 422 g/mol. The average Bonchev–Trinajstić information content (AvgIpc) is 3.11. The zero-order chi connectivity index (χ0) is 20.2. The lowest BCUT2D eigenvalue weighted by Gasteiger charge is -2.35. The van der Waals surface area contributed by atoms with Crippen molar-refractivity contribution in [3.05, 3.63) is 41.1 Å². The minimum Gasteiger partial charge on any atom is -0.481 e. The molecule has 8 heteroatoms. The maximum Gasteiger partial charge on any atom is 0.303 e. The lowest BCUT2D eigenvalue weighted by Crippen LogP contribution is -2.32. The third-order valence-corrected chi connectivity index (χ3v) is 7.92. The lowest BCUT2D eigenvalue weighted by molar-refractivity contribution is -0.140. The van der Waals surface area contributed by atoms with Gasteiger partial charge in [0.15, 0.2) is 0 Å². The van der Waals surface area contributed by atoms with Gasteiger partial charge in [0, 0.05) is 17.2 Å². The molecule has 1 amide bonds. The highest BCUT2D eigenvalue weighted by molar-refractivity contribution is 7.91. The number of amides is 1. The van der Waals surface area contributed by atoms with Gasteiger partial charge in [-0.05, 0) is 30.4 Å². The number of thiophene rings is 1. The first-order chi connectivity index (χ1) is 13.3. The van der Waals surface area contributed by atoms with Gasteiger partial charge in [-0.25, -0.2) is 8.42 Å². The number of benzene rings is 1. The first kappa shape index (κ1) is 20.5. The Kier molecular flexibility index (Phi) is 6.20. The van der Waals surface area contributed by atoms with Crippen LogP contribution in [0.15, 0.2) is 50.9 Å². The fourth-order valence-electron chi connectivity index (χ4n) is 3.88. The maximum atomic E-state index is 12.9. The Morgan fingerprint density at radius 1 is 1.04 bits per heavy atom. The van der Waals surface area contributed by atoms with E-state index >= 15 is 0 Å². The zero-order valence-corrected chi connectivity index (χ0v) is 17.0. The fourth-order valence-corrected chi connectivity index (χ4v) is 6.44. The molecule has 0 spiro atoms. The summed E-state index contributed by atoms with van der Waals surface area (Å²) >= 11 is 1.20. The van der Waals surface area contributed by atoms with Gasteiger partial charge in [0.05, 0.1) is 17.0 Å². The van der Waals surface area contributed by atoms with Crippen molar-refractivity contribution in [3.63, 3.8) is 0 Å². The molecular formula is C20H23NO5S2. The molecule has 1 fully saturated rings. The number of aliphatic carboxylic acids is 1. The van der Waals surface area contributed by atoms with E-state index < -0.39 is 21.2 Å². The topological polar surface area (TPSA) is 101 Å². The summed E-state index contributed by atoms with van der Waals surface area (Å²) in [5.74, 6) is -1.25. The number of hydrogen-bond donors (Lipinski definition) is 2. The van der Waals surface area contributed by atoms with Crippen LogP contribution in [0.5, 0.6) is 0 Å². The van der Waals surface area contributed by atoms with E-state index in [0.717, 1.165) is 19.3 Å². The Morgan fingerprint density at radius 3 is 2.36 bits per heavy atom. The summed E-state index contributed by atoms with van der Waals surface area (Å²) in [7, 11) is -3.74. The standard InChI is InChI=1S/C20H23NO5S2/c22-18(11-20(12-19(23)24)9-5-2-6-10-20)21-16-13-27-14-17(16)28(25,26)15-7-3-1-4-8-15/h1,3-4,7-8,13-14H,2,5-6,9-12H2,(H,21,22)(H,23,24). The fraction of sp³-hybridized carbons (Fsp3) is 0.400. The molecule has 2 N–H and O–H groups in total. The van der Waals surface area contributed by atoms with E-state index in [1.807, 2.05) is 0 Å². The lowest BCUT2D eigenvalue weighted by atomic mass is 9.69. The normalized spacial score (nSPS) is 16.4. The van der Waals surface area contributed by atoms with Crippen LogP contribution in [0.4, 0.5) is 5.69 Å². The Bertz CT molecular complexity index is 944. The van der Waals surface area contributed by atoms with Gasteiger partial charge in [-0.15, -0.1) is 11.3 Å². The molecule has 1 heterocycles. The van der Waals surface area contributed by atoms with Crippen LogP contribution in [0.1, 0.15) is 44.9 Å². The van der Waals surface area contributed by atoms with E-state index in [2.05, 4.69) is 5.32 Å². The summed E-state index contributed by atoms with van der Waals surface area (Å²) in [5.41, 5.74) is -0.303. The van der Waals surface area contributed by atoms with Gasteiger partial charge in [0.1, 0.15) is 4.90 Å². The molecule has 2 aromatic rings. The molecule has 0 saturated heterocycles. The molecule has 0 atom stereocenters. The summed E-state index contributed by atoms with van der Waals surface area (Å²) in [5, 5.41) is 15.1. The van der Waals surface area contributed by atoms with Crippen molar-refractivity contribution >= 4 is 38.7 Å². The molecular weight excluding hydrogens is 398 g/mol. The summed E-state index contributed by atoms with van der Waals surface area (Å²) in [4.78, 5) is 24.2. The van der Waals surface area contributed by atoms with Crippen LogP contribution in [-0.4, -0.2) is 25.4 Å². The number of carboxylic acids is 1. The first-order valence-corrected chi connectivity index (χ1v) is 11.6. The van der Waals surface area contributed by atoms with Crippen molar-refractivity contribution in [2.24, 2.45) is 5.41 Å². The number of sulfone groups is 1. The van der Waals surface area contributed by atoms with Crippen LogP contribution in [0.3, 0.4) is 0 Å². The van der Waals surface area contributed by atoms with Crippen molar-refractivity contribution < 1.29 is 23.1 Å². The van der Waals surface area contributed by atoms with Crippen LogP contribution in [0.25, 0.3) is 0 Å². The molecule has 0 bridgehead atoms. The van der Waals surface area contributed by atoms with E-state index in [9.17, 15) is 23.1 Å². The van der Waals surface area contributed by atoms with E-state index in [0.29, 0.717) is 12.8 Å². The number of anilines is 1. The van der Waals surface area contributed by atoms with Gasteiger partial charge in [-0.1, -0.05) is 37.5 Å². The Morgan fingerprint density at radius 2 is 1.71 bits per heavy atom. The van der Waals surface area contributed by atoms with Gasteiger partial charge in [-0.3, -0.25) is 9.59 Å². The maximum absolute atomic E-state index is 12.9. The molecule has 1 aliphatic carbocycles. The number of rotatable bonds is 7. The molecule has 0 radical (unpaired) electrons. The van der Waals surface area contributed by atoms with Crippen molar-refractivity contribution in [2.75, 3.05) is 5.32 Å². The van der Waals surface area contributed by atoms with Crippen molar-refractivity contribution in [2.45, 2.75) is 54.7 Å². The van der Waals surface area contributed by atoms with Crippen LogP contribution in [0, 0.1) is 5.41 Å². The number of nitrogens with one attached hydrogen (secondary N) is 1. The molecule has 0 aliphatic heterocycles. The van der Waals surface area contributed by atoms with Gasteiger partial charge in [-0.2, -0.15) is 0 Å². The Balaban J connectivity index is 1.79. The van der Waals surface area contributed by atoms with E-state index in [4.69, 9.17) is 0 Å². The van der Waals surface area contributed by atoms with E-state index in [-0.39, 0.29) is 34.2 Å². The summed E-state index contributed by atoms with van der Waals surface area (Å²) in [6.07, 6.45) is 4.31. The van der Waals surface area contributed by atoms with Crippen molar-refractivity contribution in [3.8, 4) is 0 Å². The van der Waals surface area contributed by atoms with E-state index in [1.165, 1.54) is 28.8 Å². The van der Waals surface area contributed by atoms with Crippen molar-refractivity contribution in [1.82, 2.24) is 0 Å². The predicted octanol–water partition coefficient (Wildman–Crippen LogP) is 4.33. The molecule has 28 heavy (non-hydrogen) atoms. The van der Waals surface area contributed by atoms with Gasteiger partial charge in [0.25, 0.3) is 0 Å². The highest BCUT2D eigenvalue weighted by Gasteiger charge is 2.36. The predicted molar refractivity (Wildman–Crippen MR) is 107 cm³/mol. The second-order valence-electron chi connectivity index (χ2n) is 7.32. The molecule has 6 nitrogen and oxygen atoms in total. The highest BCUT2D eigenvalue weighted by Crippen LogP contribution is 2.43. The van der Waals surface area contributed by atoms with Gasteiger partial charge >= 0.3 is 5.97 Å². The van der Waals surface area contributed by atoms with E-state index in [1.54, 1.807) is 23.6 Å². The highest BCUT2D eigenvalue weighted by atomic mass is 32.2. The SMILES string of the molecule is O=C(O)CC1(CC(=O)Nc2cscc2S(=O)(=O)c2ccccc2)CCCCC1. The molecule has 1 aromatic heterocycles. The molecule has 1 aliphatic rings. The second kappa shape index (κ2) is 8.45. The number of carbonyl (C=O) groups is 2. The molecule has 0 unspecified atom stereocenters. The summed E-state index contributed by atoms with van der Waals surface area (Å²) in [6.45, 7) is 0. The minimum absolute atomic E-state index is 0.0424. The molecule has 1 aromatic carbocycles. The second-order valence-corrected chi connectivity index (χ2v) is 9.98. The first-order valence-electron chi connectivity index (χ1n) is 9.20. The summed E-state index contributed by atoms with van der Waals surface area (Å²) < 4.78 is 25.7. The van der Waals surface area contributed by atoms with Crippen molar-refractivity contribution in [1.29, 1.82) is 0 Å². The van der Waals surface area contributed by atoms with Crippen LogP contribution in [0.2, 0.25) is 0 Å². The van der Waals surface area contributed by atoms with Crippen LogP contribution >= 0.6 is 11.3 Å². The minimum atomic E-state index is -3.74. The van der Waals surface area contributed by atoms with Gasteiger partial charge < -0.3 is 10.4 Å². The smallest absolute Gasteiger partial charge is 0.303 e. The summed E-state index contributed by atoms with van der Waals surface area (Å²) in [6, 6.07) is 8.07. The number of carboxylic acid groups (broad SMARTS) is 1.